The minimum Gasteiger partial charge on any atom is -0.483 e. The number of aryl methyl sites for hydroxylation is 2. The average Bonchev–Trinajstić information content (AvgIpc) is 2.62. The van der Waals surface area contributed by atoms with E-state index in [0.717, 1.165) is 48.9 Å². The van der Waals surface area contributed by atoms with Gasteiger partial charge in [-0.2, -0.15) is 0 Å². The van der Waals surface area contributed by atoms with Crippen molar-refractivity contribution < 1.29 is 9.53 Å². The highest BCUT2D eigenvalue weighted by molar-refractivity contribution is 6.31. The summed E-state index contributed by atoms with van der Waals surface area (Å²) in [7, 11) is 2.12. The number of halogens is 1. The van der Waals surface area contributed by atoms with Crippen molar-refractivity contribution in [3.8, 4) is 5.75 Å². The van der Waals surface area contributed by atoms with E-state index in [1.165, 1.54) is 5.56 Å². The van der Waals surface area contributed by atoms with E-state index >= 15 is 0 Å². The van der Waals surface area contributed by atoms with Gasteiger partial charge in [0.05, 0.1) is 11.4 Å². The predicted octanol–water partition coefficient (Wildman–Crippen LogP) is 3.73. The second kappa shape index (κ2) is 8.63. The van der Waals surface area contributed by atoms with Crippen LogP contribution in [0, 0.1) is 13.8 Å². The Balaban J connectivity index is 1.67. The molecular formula is C21H26ClN3O2. The number of nitrogens with zero attached hydrogens (tertiary/aromatic N) is 2. The molecule has 1 saturated heterocycles. The van der Waals surface area contributed by atoms with Gasteiger partial charge >= 0.3 is 0 Å². The number of hydrogen-bond donors (Lipinski definition) is 1. The maximum Gasteiger partial charge on any atom is 0.262 e. The van der Waals surface area contributed by atoms with Gasteiger partial charge in [0.1, 0.15) is 5.75 Å². The molecular weight excluding hydrogens is 362 g/mol. The summed E-state index contributed by atoms with van der Waals surface area (Å²) in [4.78, 5) is 17.0. The van der Waals surface area contributed by atoms with Gasteiger partial charge < -0.3 is 19.9 Å². The molecule has 1 fully saturated rings. The highest BCUT2D eigenvalue weighted by atomic mass is 35.5. The molecule has 0 aliphatic carbocycles. The quantitative estimate of drug-likeness (QED) is 0.849. The number of hydrogen-bond acceptors (Lipinski definition) is 4. The van der Waals surface area contributed by atoms with Crippen LogP contribution in [0.4, 0.5) is 11.4 Å². The van der Waals surface area contributed by atoms with Crippen molar-refractivity contribution in [2.75, 3.05) is 50.1 Å². The van der Waals surface area contributed by atoms with E-state index in [0.29, 0.717) is 5.02 Å². The van der Waals surface area contributed by atoms with Crippen molar-refractivity contribution >= 4 is 28.9 Å². The first-order chi connectivity index (χ1) is 12.9. The van der Waals surface area contributed by atoms with E-state index in [1.807, 2.05) is 44.2 Å². The molecule has 2 aromatic carbocycles. The fraction of sp³-hybridized carbons (Fsp3) is 0.381. The first-order valence-corrected chi connectivity index (χ1v) is 9.53. The fourth-order valence-electron chi connectivity index (χ4n) is 3.22. The van der Waals surface area contributed by atoms with Crippen molar-refractivity contribution in [3.63, 3.8) is 0 Å². The van der Waals surface area contributed by atoms with Gasteiger partial charge in [0.15, 0.2) is 6.61 Å². The van der Waals surface area contributed by atoms with Crippen LogP contribution in [0.25, 0.3) is 0 Å². The molecule has 0 radical (unpaired) electrons. The van der Waals surface area contributed by atoms with Crippen LogP contribution in [-0.2, 0) is 4.79 Å². The van der Waals surface area contributed by atoms with Gasteiger partial charge in [-0.1, -0.05) is 29.3 Å². The molecule has 1 amide bonds. The van der Waals surface area contributed by atoms with Crippen molar-refractivity contribution in [1.82, 2.24) is 4.90 Å². The summed E-state index contributed by atoms with van der Waals surface area (Å²) < 4.78 is 5.69. The molecule has 2 aromatic rings. The number of likely N-dealkylation sites (N-methyl/N-ethyl adjacent to an activating group) is 1. The van der Waals surface area contributed by atoms with Crippen LogP contribution in [0.5, 0.6) is 5.75 Å². The highest BCUT2D eigenvalue weighted by Crippen LogP contribution is 2.30. The second-order valence-corrected chi connectivity index (χ2v) is 7.49. The van der Waals surface area contributed by atoms with Crippen molar-refractivity contribution in [3.05, 3.63) is 52.5 Å². The molecule has 0 unspecified atom stereocenters. The van der Waals surface area contributed by atoms with Gasteiger partial charge in [0, 0.05) is 31.2 Å². The third kappa shape index (κ3) is 5.15. The van der Waals surface area contributed by atoms with Gasteiger partial charge in [-0.3, -0.25) is 4.79 Å². The Hall–Kier alpha value is -2.24. The standard InChI is InChI=1S/C21H26ClN3O2/c1-15-4-7-20(16(2)12-15)27-14-21(26)23-18-13-17(22)5-6-19(18)25-10-8-24(3)9-11-25/h4-7,12-13H,8-11,14H2,1-3H3,(H,23,26). The fourth-order valence-corrected chi connectivity index (χ4v) is 3.39. The molecule has 6 heteroatoms. The van der Waals surface area contributed by atoms with Crippen LogP contribution in [0.1, 0.15) is 11.1 Å². The first-order valence-electron chi connectivity index (χ1n) is 9.15. The number of amides is 1. The number of nitrogens with one attached hydrogen (secondary N) is 1. The zero-order chi connectivity index (χ0) is 19.4. The summed E-state index contributed by atoms with van der Waals surface area (Å²) in [6.45, 7) is 7.78. The minimum atomic E-state index is -0.201. The van der Waals surface area contributed by atoms with Gasteiger partial charge in [-0.05, 0) is 50.7 Å². The van der Waals surface area contributed by atoms with Gasteiger partial charge in [-0.25, -0.2) is 0 Å². The van der Waals surface area contributed by atoms with Gasteiger partial charge in [0.25, 0.3) is 5.91 Å². The molecule has 27 heavy (non-hydrogen) atoms. The minimum absolute atomic E-state index is 0.0431. The lowest BCUT2D eigenvalue weighted by atomic mass is 10.1. The number of carbonyl (C=O) groups excluding carboxylic acids is 1. The van der Waals surface area contributed by atoms with E-state index in [4.69, 9.17) is 16.3 Å². The second-order valence-electron chi connectivity index (χ2n) is 7.06. The molecule has 1 N–H and O–H groups in total. The van der Waals surface area contributed by atoms with E-state index < -0.39 is 0 Å². The number of piperazine rings is 1. The van der Waals surface area contributed by atoms with Crippen LogP contribution in [0.15, 0.2) is 36.4 Å². The number of ether oxygens (including phenoxy) is 1. The lowest BCUT2D eigenvalue weighted by Gasteiger charge is -2.35. The third-order valence-electron chi connectivity index (χ3n) is 4.77. The smallest absolute Gasteiger partial charge is 0.262 e. The zero-order valence-corrected chi connectivity index (χ0v) is 16.8. The lowest BCUT2D eigenvalue weighted by molar-refractivity contribution is -0.118. The maximum absolute atomic E-state index is 12.5. The molecule has 0 bridgehead atoms. The van der Waals surface area contributed by atoms with E-state index in [-0.39, 0.29) is 12.5 Å². The number of rotatable bonds is 5. The van der Waals surface area contributed by atoms with E-state index in [2.05, 4.69) is 22.2 Å². The Morgan fingerprint density at radius 1 is 1.11 bits per heavy atom. The Morgan fingerprint density at radius 3 is 2.56 bits per heavy atom. The molecule has 1 heterocycles. The molecule has 144 valence electrons. The van der Waals surface area contributed by atoms with Gasteiger partial charge in [0.2, 0.25) is 0 Å². The molecule has 0 aromatic heterocycles. The van der Waals surface area contributed by atoms with E-state index in [1.54, 1.807) is 6.07 Å². The number of anilines is 2. The lowest BCUT2D eigenvalue weighted by Crippen LogP contribution is -2.44. The summed E-state index contributed by atoms with van der Waals surface area (Å²) >= 11 is 6.16. The normalized spacial score (nSPS) is 14.9. The Bertz CT molecular complexity index is 817. The molecule has 0 spiro atoms. The molecule has 1 aliphatic heterocycles. The Labute approximate surface area is 165 Å². The molecule has 0 atom stereocenters. The van der Waals surface area contributed by atoms with Gasteiger partial charge in [-0.15, -0.1) is 0 Å². The van der Waals surface area contributed by atoms with Crippen LogP contribution < -0.4 is 15.0 Å². The van der Waals surface area contributed by atoms with Crippen molar-refractivity contribution in [2.45, 2.75) is 13.8 Å². The maximum atomic E-state index is 12.5. The average molecular weight is 388 g/mol. The molecule has 1 aliphatic rings. The molecule has 5 nitrogen and oxygen atoms in total. The molecule has 0 saturated carbocycles. The highest BCUT2D eigenvalue weighted by Gasteiger charge is 2.18. The van der Waals surface area contributed by atoms with Crippen LogP contribution in [0.3, 0.4) is 0 Å². The largest absolute Gasteiger partial charge is 0.483 e. The van der Waals surface area contributed by atoms with Crippen LogP contribution in [0.2, 0.25) is 5.02 Å². The summed E-state index contributed by atoms with van der Waals surface area (Å²) in [5, 5.41) is 3.55. The summed E-state index contributed by atoms with van der Waals surface area (Å²) in [6, 6.07) is 11.5. The third-order valence-corrected chi connectivity index (χ3v) is 5.00. The topological polar surface area (TPSA) is 44.8 Å². The van der Waals surface area contributed by atoms with Crippen LogP contribution in [-0.4, -0.2) is 50.6 Å². The summed E-state index contributed by atoms with van der Waals surface area (Å²) in [5.41, 5.74) is 3.90. The zero-order valence-electron chi connectivity index (χ0n) is 16.1. The predicted molar refractivity (Wildman–Crippen MR) is 111 cm³/mol. The Morgan fingerprint density at radius 2 is 1.85 bits per heavy atom. The van der Waals surface area contributed by atoms with Crippen molar-refractivity contribution in [2.24, 2.45) is 0 Å². The number of carbonyl (C=O) groups is 1. The molecule has 3 rings (SSSR count). The van der Waals surface area contributed by atoms with Crippen molar-refractivity contribution in [1.29, 1.82) is 0 Å². The first kappa shape index (κ1) is 19.5. The summed E-state index contributed by atoms with van der Waals surface area (Å²) in [6.07, 6.45) is 0. The van der Waals surface area contributed by atoms with Crippen LogP contribution >= 0.6 is 11.6 Å². The monoisotopic (exact) mass is 387 g/mol. The summed E-state index contributed by atoms with van der Waals surface area (Å²) in [5.74, 6) is 0.522. The number of benzene rings is 2. The SMILES string of the molecule is Cc1ccc(OCC(=O)Nc2cc(Cl)ccc2N2CCN(C)CC2)c(C)c1. The Kier molecular flexibility index (Phi) is 6.24. The van der Waals surface area contributed by atoms with E-state index in [9.17, 15) is 4.79 Å².